The normalized spacial score (nSPS) is 22.4. The Morgan fingerprint density at radius 2 is 2.19 bits per heavy atom. The highest BCUT2D eigenvalue weighted by Gasteiger charge is 2.39. The fraction of sp³-hybridized carbons (Fsp3) is 0.500. The summed E-state index contributed by atoms with van der Waals surface area (Å²) in [6.45, 7) is 1.33. The van der Waals surface area contributed by atoms with Gasteiger partial charge in [-0.1, -0.05) is 11.3 Å². The molecule has 0 radical (unpaired) electrons. The summed E-state index contributed by atoms with van der Waals surface area (Å²) in [5.74, 6) is 0.492. The van der Waals surface area contributed by atoms with Gasteiger partial charge in [-0.2, -0.15) is 4.99 Å². The number of aliphatic imine (C=N–C) groups is 2. The lowest BCUT2D eigenvalue weighted by Gasteiger charge is -2.23. The third-order valence-electron chi connectivity index (χ3n) is 4.81. The van der Waals surface area contributed by atoms with Gasteiger partial charge >= 0.3 is 0 Å². The first-order chi connectivity index (χ1) is 12.7. The molecule has 1 N–H and O–H groups in total. The minimum Gasteiger partial charge on any atom is -0.385 e. The predicted octanol–water partition coefficient (Wildman–Crippen LogP) is 2.17. The molecule has 1 atom stereocenters. The van der Waals surface area contributed by atoms with Gasteiger partial charge in [0.2, 0.25) is 5.96 Å². The Bertz CT molecular complexity index is 801. The van der Waals surface area contributed by atoms with Crippen LogP contribution in [0.2, 0.25) is 0 Å². The molecule has 0 spiro atoms. The number of hydrogen-bond donors (Lipinski definition) is 1. The number of benzene rings is 1. The molecule has 0 aromatic heterocycles. The van der Waals surface area contributed by atoms with E-state index in [1.165, 1.54) is 17.5 Å². The molecule has 0 saturated heterocycles. The maximum Gasteiger partial charge on any atom is 0.259 e. The second kappa shape index (κ2) is 7.33. The summed E-state index contributed by atoms with van der Waals surface area (Å²) in [5.41, 5.74) is 3.53. The number of fused-ring (bicyclic) bond motifs is 2. The molecule has 4 rings (SSSR count). The van der Waals surface area contributed by atoms with E-state index in [-0.39, 0.29) is 11.9 Å². The monoisotopic (exact) mass is 354 g/mol. The summed E-state index contributed by atoms with van der Waals surface area (Å²) in [4.78, 5) is 21.4. The third-order valence-corrected chi connectivity index (χ3v) is 4.81. The molecular weight excluding hydrogens is 332 g/mol. The summed E-state index contributed by atoms with van der Waals surface area (Å²) >= 11 is 0. The van der Waals surface area contributed by atoms with Gasteiger partial charge in [0.05, 0.1) is 5.69 Å². The number of unbranched alkanes of at least 4 members (excludes halogenated alkanes) is 1. The van der Waals surface area contributed by atoms with Crippen LogP contribution >= 0.6 is 0 Å². The number of rotatable bonds is 6. The van der Waals surface area contributed by atoms with Gasteiger partial charge in [0.1, 0.15) is 0 Å². The van der Waals surface area contributed by atoms with E-state index in [0.29, 0.717) is 19.0 Å². The number of methoxy groups -OCH3 is 1. The van der Waals surface area contributed by atoms with Crippen LogP contribution < -0.4 is 5.32 Å². The fourth-order valence-corrected chi connectivity index (χ4v) is 3.49. The molecule has 1 aromatic rings. The smallest absolute Gasteiger partial charge is 0.259 e. The summed E-state index contributed by atoms with van der Waals surface area (Å²) in [6, 6.07) is 5.59. The molecule has 26 heavy (non-hydrogen) atoms. The van der Waals surface area contributed by atoms with Crippen LogP contribution in [0.4, 0.5) is 5.69 Å². The number of carbonyl (C=O) groups excluding carboxylic acids is 1. The maximum absolute atomic E-state index is 12.5. The van der Waals surface area contributed by atoms with Crippen LogP contribution in [0.15, 0.2) is 38.5 Å². The van der Waals surface area contributed by atoms with Crippen LogP contribution in [-0.4, -0.2) is 49.0 Å². The van der Waals surface area contributed by atoms with E-state index < -0.39 is 6.04 Å². The third kappa shape index (κ3) is 3.37. The van der Waals surface area contributed by atoms with Gasteiger partial charge in [0, 0.05) is 20.3 Å². The van der Waals surface area contributed by atoms with E-state index in [2.05, 4.69) is 37.8 Å². The van der Waals surface area contributed by atoms with E-state index in [9.17, 15) is 4.79 Å². The number of ether oxygens (including phenoxy) is 1. The van der Waals surface area contributed by atoms with Gasteiger partial charge in [-0.15, -0.1) is 5.11 Å². The van der Waals surface area contributed by atoms with Crippen molar-refractivity contribution in [1.82, 2.24) is 10.3 Å². The number of aryl methyl sites for hydroxylation is 2. The quantitative estimate of drug-likeness (QED) is 0.794. The number of hydrogen-bond acceptors (Lipinski definition) is 6. The van der Waals surface area contributed by atoms with Crippen LogP contribution in [0.5, 0.6) is 0 Å². The topological polar surface area (TPSA) is 91.0 Å². The highest BCUT2D eigenvalue weighted by Crippen LogP contribution is 2.26. The van der Waals surface area contributed by atoms with Crippen LogP contribution in [-0.2, 0) is 22.4 Å². The van der Waals surface area contributed by atoms with Gasteiger partial charge in [-0.05, 0) is 55.4 Å². The maximum atomic E-state index is 12.5. The molecule has 2 heterocycles. The highest BCUT2D eigenvalue weighted by atomic mass is 16.5. The minimum atomic E-state index is -0.559. The summed E-state index contributed by atoms with van der Waals surface area (Å²) < 4.78 is 5.04. The van der Waals surface area contributed by atoms with Crippen LogP contribution in [0, 0.1) is 0 Å². The SMILES string of the molecule is COCCCCN1N=NC2=NC(=Nc3ccc4c(c3)CCC4)NC(=O)C21. The summed E-state index contributed by atoms with van der Waals surface area (Å²) in [6.07, 6.45) is 5.20. The van der Waals surface area contributed by atoms with Gasteiger partial charge in [-0.25, -0.2) is 4.99 Å². The average molecular weight is 354 g/mol. The van der Waals surface area contributed by atoms with Gasteiger partial charge in [0.25, 0.3) is 5.91 Å². The minimum absolute atomic E-state index is 0.188. The molecule has 1 unspecified atom stereocenters. The van der Waals surface area contributed by atoms with Crippen molar-refractivity contribution in [3.05, 3.63) is 29.3 Å². The van der Waals surface area contributed by atoms with Crippen molar-refractivity contribution in [3.63, 3.8) is 0 Å². The van der Waals surface area contributed by atoms with Crippen molar-refractivity contribution < 1.29 is 9.53 Å². The van der Waals surface area contributed by atoms with Crippen molar-refractivity contribution in [1.29, 1.82) is 0 Å². The molecule has 3 aliphatic rings. The number of nitrogens with zero attached hydrogens (tertiary/aromatic N) is 5. The van der Waals surface area contributed by atoms with E-state index in [0.717, 1.165) is 31.4 Å². The van der Waals surface area contributed by atoms with E-state index >= 15 is 0 Å². The Balaban J connectivity index is 1.48. The molecule has 2 aliphatic heterocycles. The molecule has 8 heteroatoms. The van der Waals surface area contributed by atoms with Crippen LogP contribution in [0.3, 0.4) is 0 Å². The molecule has 1 aliphatic carbocycles. The van der Waals surface area contributed by atoms with E-state index in [1.54, 1.807) is 12.1 Å². The van der Waals surface area contributed by atoms with E-state index in [4.69, 9.17) is 4.74 Å². The lowest BCUT2D eigenvalue weighted by Crippen LogP contribution is -2.51. The van der Waals surface area contributed by atoms with Crippen molar-refractivity contribution in [2.75, 3.05) is 20.3 Å². The first-order valence-corrected chi connectivity index (χ1v) is 9.02. The molecule has 0 fully saturated rings. The molecular formula is C18H22N6O2. The van der Waals surface area contributed by atoms with E-state index in [1.807, 2.05) is 6.07 Å². The van der Waals surface area contributed by atoms with Crippen molar-refractivity contribution in [3.8, 4) is 0 Å². The Kier molecular flexibility index (Phi) is 4.75. The van der Waals surface area contributed by atoms with Crippen LogP contribution in [0.1, 0.15) is 30.4 Å². The number of amidine groups is 1. The molecule has 136 valence electrons. The first-order valence-electron chi connectivity index (χ1n) is 9.02. The van der Waals surface area contributed by atoms with Gasteiger partial charge < -0.3 is 4.74 Å². The zero-order valence-corrected chi connectivity index (χ0v) is 14.8. The number of carbonyl (C=O) groups is 1. The van der Waals surface area contributed by atoms with Gasteiger partial charge in [-0.3, -0.25) is 15.1 Å². The molecule has 0 saturated carbocycles. The Labute approximate surface area is 152 Å². The predicted molar refractivity (Wildman–Crippen MR) is 97.6 cm³/mol. The Morgan fingerprint density at radius 3 is 3.08 bits per heavy atom. The van der Waals surface area contributed by atoms with Crippen LogP contribution in [0.25, 0.3) is 0 Å². The second-order valence-corrected chi connectivity index (χ2v) is 6.66. The van der Waals surface area contributed by atoms with Crippen molar-refractivity contribution >= 4 is 23.4 Å². The van der Waals surface area contributed by atoms with Crippen molar-refractivity contribution in [2.24, 2.45) is 20.3 Å². The average Bonchev–Trinajstić information content (AvgIpc) is 3.25. The second-order valence-electron chi connectivity index (χ2n) is 6.66. The Hall–Kier alpha value is -2.61. The first kappa shape index (κ1) is 16.8. The molecule has 8 nitrogen and oxygen atoms in total. The largest absolute Gasteiger partial charge is 0.385 e. The lowest BCUT2D eigenvalue weighted by atomic mass is 10.1. The molecule has 0 bridgehead atoms. The number of nitrogens with one attached hydrogen (secondary N) is 1. The lowest BCUT2D eigenvalue weighted by molar-refractivity contribution is -0.122. The number of amides is 1. The zero-order valence-electron chi connectivity index (χ0n) is 14.8. The highest BCUT2D eigenvalue weighted by molar-refractivity contribution is 6.20. The molecule has 1 amide bonds. The Morgan fingerprint density at radius 1 is 1.31 bits per heavy atom. The standard InChI is InChI=1S/C18H22N6O2/c1-26-10-3-2-9-24-15-16(22-23-24)20-18(21-17(15)25)19-14-8-7-12-5-4-6-13(12)11-14/h7-8,11,15H,2-6,9-10H2,1H3,(H,19,21,25). The van der Waals surface area contributed by atoms with Crippen molar-refractivity contribution in [2.45, 2.75) is 38.1 Å². The zero-order chi connectivity index (χ0) is 17.9. The summed E-state index contributed by atoms with van der Waals surface area (Å²) in [7, 11) is 1.68. The fourth-order valence-electron chi connectivity index (χ4n) is 3.49. The molecule has 1 aromatic carbocycles. The van der Waals surface area contributed by atoms with Gasteiger partial charge in [0.15, 0.2) is 11.9 Å². The summed E-state index contributed by atoms with van der Waals surface area (Å²) in [5, 5.41) is 12.6. The number of guanidine groups is 1.